The van der Waals surface area contributed by atoms with Gasteiger partial charge >= 0.3 is 6.01 Å². The van der Waals surface area contributed by atoms with Crippen LogP contribution < -0.4 is 9.64 Å². The summed E-state index contributed by atoms with van der Waals surface area (Å²) in [5.41, 5.74) is -1.06. The van der Waals surface area contributed by atoms with Crippen LogP contribution in [-0.4, -0.2) is 75.0 Å². The van der Waals surface area contributed by atoms with E-state index < -0.39 is 17.2 Å². The fraction of sp³-hybridized carbons (Fsp3) is 0.382. The molecule has 2 saturated heterocycles. The lowest BCUT2D eigenvalue weighted by Gasteiger charge is -2.38. The Kier molecular flexibility index (Phi) is 7.75. The molecule has 2 N–H and O–H groups in total. The second-order valence-corrected chi connectivity index (χ2v) is 11.8. The number of fused-ring (bicyclic) bond motifs is 2. The molecule has 0 amide bonds. The molecule has 44 heavy (non-hydrogen) atoms. The van der Waals surface area contributed by atoms with Crippen LogP contribution in [0.25, 0.3) is 32.9 Å². The number of β-amino-alcohol motifs (C(OH)–C–C–N with tert-alkyl or cyclic N) is 1. The van der Waals surface area contributed by atoms with E-state index >= 15 is 4.39 Å². The number of phenols is 1. The molecule has 0 aliphatic carbocycles. The number of likely N-dealkylation sites (N-methyl/N-ethyl adjacent to an activating group) is 1. The minimum atomic E-state index is -0.984. The highest BCUT2D eigenvalue weighted by atomic mass is 19.1. The van der Waals surface area contributed by atoms with E-state index in [2.05, 4.69) is 32.6 Å². The van der Waals surface area contributed by atoms with Crippen molar-refractivity contribution in [2.45, 2.75) is 51.2 Å². The number of aromatic hydroxyl groups is 1. The Labute approximate surface area is 254 Å². The first-order valence-corrected chi connectivity index (χ1v) is 14.7. The van der Waals surface area contributed by atoms with Crippen LogP contribution in [0.1, 0.15) is 50.8 Å². The summed E-state index contributed by atoms with van der Waals surface area (Å²) < 4.78 is 37.9. The van der Waals surface area contributed by atoms with Gasteiger partial charge in [0.05, 0.1) is 16.6 Å². The van der Waals surface area contributed by atoms with Crippen molar-refractivity contribution < 1.29 is 23.7 Å². The molecular weight excluding hydrogens is 564 g/mol. The van der Waals surface area contributed by atoms with E-state index in [1.165, 1.54) is 24.3 Å². The Hall–Kier alpha value is -4.51. The Balaban J connectivity index is 1.63. The number of terminal acetylenes is 1. The molecule has 2 fully saturated rings. The molecule has 2 aliphatic rings. The number of phenolic OH excluding ortho intramolecular Hbond substituents is 1. The molecule has 4 heterocycles. The van der Waals surface area contributed by atoms with Crippen molar-refractivity contribution in [3.63, 3.8) is 0 Å². The maximum Gasteiger partial charge on any atom is 0.319 e. The minimum absolute atomic E-state index is 0.0133. The van der Waals surface area contributed by atoms with E-state index in [0.29, 0.717) is 37.2 Å². The van der Waals surface area contributed by atoms with Crippen molar-refractivity contribution >= 4 is 27.5 Å². The summed E-state index contributed by atoms with van der Waals surface area (Å²) in [6, 6.07) is 5.57. The van der Waals surface area contributed by atoms with Crippen LogP contribution in [0, 0.1) is 35.8 Å². The number of hydrogen-bond donors (Lipinski definition) is 2. The summed E-state index contributed by atoms with van der Waals surface area (Å²) in [6.07, 6.45) is 9.01. The average molecular weight is 598 g/mol. The number of halogens is 2. The summed E-state index contributed by atoms with van der Waals surface area (Å²) in [7, 11) is 2.03. The van der Waals surface area contributed by atoms with Crippen molar-refractivity contribution in [1.82, 2.24) is 19.9 Å². The monoisotopic (exact) mass is 597 g/mol. The van der Waals surface area contributed by atoms with Crippen LogP contribution in [0.3, 0.4) is 0 Å². The first-order chi connectivity index (χ1) is 21.1. The zero-order valence-electron chi connectivity index (χ0n) is 24.9. The number of anilines is 1. The minimum Gasteiger partial charge on any atom is -0.508 e. The van der Waals surface area contributed by atoms with Crippen LogP contribution in [0.15, 0.2) is 24.3 Å². The maximum absolute atomic E-state index is 16.9. The Morgan fingerprint density at radius 1 is 1.14 bits per heavy atom. The van der Waals surface area contributed by atoms with Gasteiger partial charge in [-0.05, 0) is 82.6 Å². The second-order valence-electron chi connectivity index (χ2n) is 11.8. The van der Waals surface area contributed by atoms with E-state index in [4.69, 9.17) is 16.1 Å². The van der Waals surface area contributed by atoms with Crippen molar-refractivity contribution in [3.05, 3.63) is 47.2 Å². The van der Waals surface area contributed by atoms with Crippen LogP contribution in [0.4, 0.5) is 14.6 Å². The highest BCUT2D eigenvalue weighted by molar-refractivity contribution is 6.04. The predicted octanol–water partition coefficient (Wildman–Crippen LogP) is 5.01. The molecule has 0 saturated carbocycles. The summed E-state index contributed by atoms with van der Waals surface area (Å²) in [5, 5.41) is 22.4. The molecule has 10 heteroatoms. The standard InChI is InChI=1S/C34H33F2N5O3/c1-5-9-26-28-31(29(36)30(37-26)24-17-22(42)16-20-11-12-25(35)23(6-2)27(20)24)38-33(44-18-21-10-7-14-40(21)4)39-32(28)41-15-8-13-34(3,43)19-41/h2,11-12,16-17,21,42-43H,7-8,10,13-15,18-19H2,1,3-4H3/t21-,34+/m0/s1. The van der Waals surface area contributed by atoms with E-state index in [1.54, 1.807) is 13.8 Å². The van der Waals surface area contributed by atoms with E-state index in [9.17, 15) is 14.6 Å². The maximum atomic E-state index is 16.9. The smallest absolute Gasteiger partial charge is 0.319 e. The van der Waals surface area contributed by atoms with Crippen molar-refractivity contribution in [2.24, 2.45) is 0 Å². The highest BCUT2D eigenvalue weighted by Crippen LogP contribution is 2.40. The number of aliphatic hydroxyl groups is 1. The number of likely N-dealkylation sites (tertiary alicyclic amines) is 1. The number of nitrogens with zero attached hydrogens (tertiary/aromatic N) is 5. The first-order valence-electron chi connectivity index (χ1n) is 14.7. The van der Waals surface area contributed by atoms with E-state index in [-0.39, 0.29) is 63.2 Å². The van der Waals surface area contributed by atoms with Crippen LogP contribution >= 0.6 is 0 Å². The van der Waals surface area contributed by atoms with Crippen molar-refractivity contribution in [3.8, 4) is 47.2 Å². The fourth-order valence-corrected chi connectivity index (χ4v) is 6.33. The van der Waals surface area contributed by atoms with Gasteiger partial charge in [-0.25, -0.2) is 13.8 Å². The SMILES string of the molecule is C#Cc1c(F)ccc2cc(O)cc(-c3nc(C#CC)c4c(N5CCC[C@@](C)(O)C5)nc(OC[C@@H]5CCCN5C)nc4c3F)c12. The van der Waals surface area contributed by atoms with Crippen molar-refractivity contribution in [1.29, 1.82) is 0 Å². The number of benzene rings is 2. The molecule has 0 bridgehead atoms. The number of aromatic nitrogens is 3. The van der Waals surface area contributed by atoms with E-state index in [1.807, 2.05) is 11.9 Å². The molecule has 8 nitrogen and oxygen atoms in total. The summed E-state index contributed by atoms with van der Waals surface area (Å²) >= 11 is 0. The van der Waals surface area contributed by atoms with Gasteiger partial charge in [-0.1, -0.05) is 17.9 Å². The highest BCUT2D eigenvalue weighted by Gasteiger charge is 2.33. The number of ether oxygens (including phenoxy) is 1. The van der Waals surface area contributed by atoms with Gasteiger partial charge in [-0.3, -0.25) is 0 Å². The summed E-state index contributed by atoms with van der Waals surface area (Å²) in [6.45, 7) is 5.50. The Bertz CT molecular complexity index is 1890. The Morgan fingerprint density at radius 3 is 2.66 bits per heavy atom. The molecule has 226 valence electrons. The topological polar surface area (TPSA) is 94.8 Å². The van der Waals surface area contributed by atoms with Crippen LogP contribution in [0.5, 0.6) is 11.8 Å². The number of rotatable bonds is 5. The lowest BCUT2D eigenvalue weighted by molar-refractivity contribution is 0.0447. The van der Waals surface area contributed by atoms with Gasteiger partial charge in [-0.15, -0.1) is 6.42 Å². The largest absolute Gasteiger partial charge is 0.508 e. The summed E-state index contributed by atoms with van der Waals surface area (Å²) in [4.78, 5) is 18.0. The first kappa shape index (κ1) is 29.6. The zero-order valence-corrected chi connectivity index (χ0v) is 24.9. The van der Waals surface area contributed by atoms with Gasteiger partial charge < -0.3 is 24.7 Å². The lowest BCUT2D eigenvalue weighted by Crippen LogP contribution is -2.46. The third-order valence-electron chi connectivity index (χ3n) is 8.49. The van der Waals surface area contributed by atoms with Gasteiger partial charge in [0.2, 0.25) is 0 Å². The molecule has 0 spiro atoms. The van der Waals surface area contributed by atoms with E-state index in [0.717, 1.165) is 19.4 Å². The van der Waals surface area contributed by atoms with Crippen molar-refractivity contribution in [2.75, 3.05) is 38.2 Å². The van der Waals surface area contributed by atoms with Gasteiger partial charge in [0, 0.05) is 30.1 Å². The van der Waals surface area contributed by atoms with Gasteiger partial charge in [0.1, 0.15) is 40.9 Å². The van der Waals surface area contributed by atoms with Gasteiger partial charge in [-0.2, -0.15) is 9.97 Å². The molecule has 0 radical (unpaired) electrons. The van der Waals surface area contributed by atoms with Gasteiger partial charge in [0.15, 0.2) is 5.82 Å². The van der Waals surface area contributed by atoms with Crippen LogP contribution in [-0.2, 0) is 0 Å². The van der Waals surface area contributed by atoms with Crippen LogP contribution in [0.2, 0.25) is 0 Å². The Morgan fingerprint density at radius 2 is 1.95 bits per heavy atom. The number of hydrogen-bond acceptors (Lipinski definition) is 8. The third kappa shape index (κ3) is 5.36. The lowest BCUT2D eigenvalue weighted by atomic mass is 9.94. The molecule has 4 aromatic rings. The number of pyridine rings is 1. The second kappa shape index (κ2) is 11.5. The fourth-order valence-electron chi connectivity index (χ4n) is 6.33. The quantitative estimate of drug-likeness (QED) is 0.311. The average Bonchev–Trinajstić information content (AvgIpc) is 3.40. The molecule has 2 aliphatic heterocycles. The molecule has 2 aromatic heterocycles. The molecule has 2 aromatic carbocycles. The summed E-state index contributed by atoms with van der Waals surface area (Å²) in [5.74, 6) is 6.89. The predicted molar refractivity (Wildman–Crippen MR) is 166 cm³/mol. The van der Waals surface area contributed by atoms with Gasteiger partial charge in [0.25, 0.3) is 0 Å². The molecule has 2 atom stereocenters. The molecule has 0 unspecified atom stereocenters. The normalized spacial score (nSPS) is 20.5. The third-order valence-corrected chi connectivity index (χ3v) is 8.49. The number of piperidine rings is 1. The molecule has 6 rings (SSSR count). The zero-order chi connectivity index (χ0) is 31.2. The molecular formula is C34H33F2N5O3.